The number of nitrogen functional groups attached to an aromatic ring is 1. The molecule has 5 rings (SSSR count). The van der Waals surface area contributed by atoms with Crippen LogP contribution in [0.2, 0.25) is 0 Å². The smallest absolute Gasteiger partial charge is 0.311 e. The van der Waals surface area contributed by atoms with Gasteiger partial charge in [-0.1, -0.05) is 72.3 Å². The normalized spacial score (nSPS) is 12.1. The molecule has 0 aliphatic heterocycles. The number of aromatic nitrogens is 2. The molecule has 2 heterocycles. The zero-order valence-electron chi connectivity index (χ0n) is 18.7. The lowest BCUT2D eigenvalue weighted by molar-refractivity contribution is -0.590. The molecule has 0 aliphatic carbocycles. The molecule has 0 saturated carbocycles. The van der Waals surface area contributed by atoms with Gasteiger partial charge in [-0.3, -0.25) is 4.57 Å². The Balaban J connectivity index is 1.77. The minimum Gasteiger partial charge on any atom is -0.378 e. The number of para-hydroxylation sites is 2. The fourth-order valence-corrected chi connectivity index (χ4v) is 4.60. The van der Waals surface area contributed by atoms with Crippen LogP contribution in [0.1, 0.15) is 11.1 Å². The second-order valence-electron chi connectivity index (χ2n) is 7.78. The van der Waals surface area contributed by atoms with E-state index in [1.165, 1.54) is 16.9 Å². The first kappa shape index (κ1) is 21.6. The molecule has 0 bridgehead atoms. The maximum absolute atomic E-state index is 6.71. The number of nitrogens with two attached hydrogens (primary N) is 1. The first-order valence-electron chi connectivity index (χ1n) is 11.0. The van der Waals surface area contributed by atoms with Gasteiger partial charge in [0.05, 0.1) is 11.4 Å². The Labute approximate surface area is 202 Å². The molecule has 6 heteroatoms. The lowest BCUT2D eigenvalue weighted by Gasteiger charge is -2.06. The summed E-state index contributed by atoms with van der Waals surface area (Å²) in [5.41, 5.74) is 10.6. The molecule has 5 nitrogen and oxygen atoms in total. The summed E-state index contributed by atoms with van der Waals surface area (Å²) in [5, 5.41) is 0.895. The molecule has 166 valence electrons. The Hall–Kier alpha value is -4.29. The van der Waals surface area contributed by atoms with Crippen LogP contribution in [0, 0.1) is 6.92 Å². The van der Waals surface area contributed by atoms with Gasteiger partial charge in [-0.2, -0.15) is 9.56 Å². The number of aryl methyl sites for hydroxylation is 1. The number of anilines is 1. The topological polar surface area (TPSA) is 59.5 Å². The second-order valence-corrected chi connectivity index (χ2v) is 8.73. The summed E-state index contributed by atoms with van der Waals surface area (Å²) in [6.07, 6.45) is 3.97. The van der Waals surface area contributed by atoms with E-state index < -0.39 is 0 Å². The zero-order valence-corrected chi connectivity index (χ0v) is 19.6. The standard InChI is InChI=1S/C28H24N5S/c1-21-15-17-22(18-16-21)26(30-23-11-5-2-6-12-23)31-28-33(24-13-7-3-8-14-24)25(29)27(34-28)32-19-9-4-10-20-32/h2-20H,29H2,1H3/q+1. The molecule has 34 heavy (non-hydrogen) atoms. The lowest BCUT2D eigenvalue weighted by atomic mass is 10.1. The number of nitrogens with zero attached hydrogens (tertiary/aromatic N) is 4. The van der Waals surface area contributed by atoms with E-state index in [0.717, 1.165) is 26.7 Å². The van der Waals surface area contributed by atoms with Crippen molar-refractivity contribution < 1.29 is 4.57 Å². The lowest BCUT2D eigenvalue weighted by Crippen LogP contribution is -2.29. The molecule has 0 unspecified atom stereocenters. The van der Waals surface area contributed by atoms with Crippen molar-refractivity contribution in [1.82, 2.24) is 4.57 Å². The van der Waals surface area contributed by atoms with Crippen LogP contribution < -0.4 is 15.1 Å². The molecule has 0 amide bonds. The number of amidine groups is 1. The largest absolute Gasteiger partial charge is 0.378 e. The van der Waals surface area contributed by atoms with E-state index in [0.29, 0.717) is 11.7 Å². The van der Waals surface area contributed by atoms with Gasteiger partial charge in [0.15, 0.2) is 24.0 Å². The van der Waals surface area contributed by atoms with Crippen LogP contribution in [0.15, 0.2) is 126 Å². The molecule has 0 radical (unpaired) electrons. The Morgan fingerprint density at radius 3 is 2.09 bits per heavy atom. The monoisotopic (exact) mass is 462 g/mol. The minimum atomic E-state index is 0.620. The van der Waals surface area contributed by atoms with Gasteiger partial charge in [-0.25, -0.2) is 4.99 Å². The van der Waals surface area contributed by atoms with Gasteiger partial charge in [0.2, 0.25) is 4.80 Å². The molecular weight excluding hydrogens is 438 g/mol. The highest BCUT2D eigenvalue weighted by Gasteiger charge is 2.20. The predicted molar refractivity (Wildman–Crippen MR) is 139 cm³/mol. The summed E-state index contributed by atoms with van der Waals surface area (Å²) in [6.45, 7) is 2.07. The van der Waals surface area contributed by atoms with Crippen molar-refractivity contribution in [2.45, 2.75) is 6.92 Å². The number of benzene rings is 3. The molecule has 5 aromatic rings. The molecule has 0 spiro atoms. The molecular formula is C28H24N5S+. The van der Waals surface area contributed by atoms with E-state index in [-0.39, 0.29) is 0 Å². The van der Waals surface area contributed by atoms with Crippen molar-refractivity contribution in [3.05, 3.63) is 131 Å². The van der Waals surface area contributed by atoms with Crippen molar-refractivity contribution in [1.29, 1.82) is 0 Å². The van der Waals surface area contributed by atoms with Crippen LogP contribution >= 0.6 is 11.3 Å². The van der Waals surface area contributed by atoms with Crippen LogP contribution in [0.5, 0.6) is 0 Å². The van der Waals surface area contributed by atoms with Crippen LogP contribution in [0.4, 0.5) is 11.5 Å². The molecule has 0 aliphatic rings. The number of aliphatic imine (C=N–C) groups is 1. The third kappa shape index (κ3) is 4.58. The molecule has 0 fully saturated rings. The van der Waals surface area contributed by atoms with Crippen LogP contribution in [-0.4, -0.2) is 10.4 Å². The average molecular weight is 463 g/mol. The van der Waals surface area contributed by atoms with E-state index >= 15 is 0 Å². The Bertz CT molecular complexity index is 1480. The molecule has 3 aromatic carbocycles. The summed E-state index contributed by atoms with van der Waals surface area (Å²) in [7, 11) is 0. The number of hydrogen-bond donors (Lipinski definition) is 1. The first-order valence-corrected chi connectivity index (χ1v) is 11.8. The van der Waals surface area contributed by atoms with Crippen LogP contribution in [-0.2, 0) is 0 Å². The number of hydrogen-bond acceptors (Lipinski definition) is 3. The van der Waals surface area contributed by atoms with Crippen molar-refractivity contribution in [3.8, 4) is 10.7 Å². The summed E-state index contributed by atoms with van der Waals surface area (Å²) >= 11 is 1.52. The van der Waals surface area contributed by atoms with E-state index in [9.17, 15) is 0 Å². The summed E-state index contributed by atoms with van der Waals surface area (Å²) in [6, 6.07) is 34.1. The second kappa shape index (κ2) is 9.68. The molecule has 0 atom stereocenters. The van der Waals surface area contributed by atoms with Crippen molar-refractivity contribution in [2.75, 3.05) is 5.73 Å². The van der Waals surface area contributed by atoms with E-state index in [4.69, 9.17) is 15.7 Å². The third-order valence-electron chi connectivity index (χ3n) is 5.31. The summed E-state index contributed by atoms with van der Waals surface area (Å²) in [4.78, 5) is 10.7. The highest BCUT2D eigenvalue weighted by molar-refractivity contribution is 7.12. The van der Waals surface area contributed by atoms with Gasteiger partial charge in [0, 0.05) is 17.7 Å². The summed E-state index contributed by atoms with van der Waals surface area (Å²) < 4.78 is 3.99. The van der Waals surface area contributed by atoms with Crippen molar-refractivity contribution >= 4 is 28.7 Å². The van der Waals surface area contributed by atoms with Crippen molar-refractivity contribution in [3.63, 3.8) is 0 Å². The molecule has 2 aromatic heterocycles. The van der Waals surface area contributed by atoms with E-state index in [1.54, 1.807) is 0 Å². The molecule has 2 N–H and O–H groups in total. The maximum Gasteiger partial charge on any atom is 0.311 e. The highest BCUT2D eigenvalue weighted by Crippen LogP contribution is 2.21. The fraction of sp³-hybridized carbons (Fsp3) is 0.0357. The van der Waals surface area contributed by atoms with Gasteiger partial charge >= 0.3 is 5.00 Å². The Morgan fingerprint density at radius 2 is 1.41 bits per heavy atom. The minimum absolute atomic E-state index is 0.620. The Kier molecular flexibility index (Phi) is 6.14. The van der Waals surface area contributed by atoms with Gasteiger partial charge in [0.25, 0.3) is 0 Å². The average Bonchev–Trinajstić information content (AvgIpc) is 3.21. The van der Waals surface area contributed by atoms with E-state index in [1.807, 2.05) is 100 Å². The maximum atomic E-state index is 6.71. The SMILES string of the molecule is Cc1ccc(C(=Nc2ccccc2)N=c2sc(-[n+]3ccccc3)c(N)n2-c2ccccc2)cc1. The van der Waals surface area contributed by atoms with Crippen LogP contribution in [0.25, 0.3) is 10.7 Å². The fourth-order valence-electron chi connectivity index (χ4n) is 3.57. The van der Waals surface area contributed by atoms with Crippen LogP contribution in [0.3, 0.4) is 0 Å². The number of pyridine rings is 1. The van der Waals surface area contributed by atoms with Gasteiger partial charge in [0.1, 0.15) is 0 Å². The van der Waals surface area contributed by atoms with Crippen molar-refractivity contribution in [2.24, 2.45) is 9.98 Å². The van der Waals surface area contributed by atoms with Gasteiger partial charge in [-0.05, 0) is 42.5 Å². The third-order valence-corrected chi connectivity index (χ3v) is 6.38. The molecule has 0 saturated heterocycles. The predicted octanol–water partition coefficient (Wildman–Crippen LogP) is 5.39. The summed E-state index contributed by atoms with van der Waals surface area (Å²) in [5.74, 6) is 1.25. The first-order chi connectivity index (χ1) is 16.7. The van der Waals surface area contributed by atoms with Gasteiger partial charge < -0.3 is 5.73 Å². The van der Waals surface area contributed by atoms with E-state index in [2.05, 4.69) is 31.2 Å². The number of thiazole rings is 1. The quantitative estimate of drug-likeness (QED) is 0.217. The zero-order chi connectivity index (χ0) is 23.3. The highest BCUT2D eigenvalue weighted by atomic mass is 32.1. The number of rotatable bonds is 4. The van der Waals surface area contributed by atoms with Gasteiger partial charge in [-0.15, -0.1) is 0 Å². The Morgan fingerprint density at radius 1 is 0.794 bits per heavy atom.